The van der Waals surface area contributed by atoms with Gasteiger partial charge in [-0.2, -0.15) is 0 Å². The van der Waals surface area contributed by atoms with Crippen molar-refractivity contribution in [1.29, 1.82) is 0 Å². The Morgan fingerprint density at radius 1 is 1.20 bits per heavy atom. The molecular weight excluding hydrogens is 274 g/mol. The van der Waals surface area contributed by atoms with Crippen LogP contribution in [-0.4, -0.2) is 12.5 Å². The Bertz CT molecular complexity index is 599. The highest BCUT2D eigenvalue weighted by atomic mass is 35.5. The number of hydrogen-bond donors (Lipinski definition) is 1. The number of ether oxygens (including phenoxy) is 1. The maximum absolute atomic E-state index is 11.8. The molecule has 0 saturated carbocycles. The van der Waals surface area contributed by atoms with E-state index in [0.29, 0.717) is 10.8 Å². The van der Waals surface area contributed by atoms with Crippen LogP contribution in [0.5, 0.6) is 5.75 Å². The summed E-state index contributed by atoms with van der Waals surface area (Å²) < 4.78 is 5.38. The fourth-order valence-electron chi connectivity index (χ4n) is 1.77. The highest BCUT2D eigenvalue weighted by molar-refractivity contribution is 6.30. The van der Waals surface area contributed by atoms with Crippen LogP contribution < -0.4 is 10.1 Å². The second kappa shape index (κ2) is 6.96. The molecule has 1 N–H and O–H groups in total. The first-order chi connectivity index (χ1) is 9.67. The van der Waals surface area contributed by atoms with E-state index in [1.54, 1.807) is 24.3 Å². The van der Waals surface area contributed by atoms with E-state index in [-0.39, 0.29) is 12.5 Å². The standard InChI is InChI=1S/C16H16ClNO2/c1-2-12-5-3-7-14(9-12)18-16(19)11-20-15-8-4-6-13(17)10-15/h3-10H,2,11H2,1H3,(H,18,19). The zero-order valence-electron chi connectivity index (χ0n) is 11.2. The van der Waals surface area contributed by atoms with Crippen molar-refractivity contribution >= 4 is 23.2 Å². The van der Waals surface area contributed by atoms with Crippen LogP contribution in [0, 0.1) is 0 Å². The molecule has 0 fully saturated rings. The van der Waals surface area contributed by atoms with Gasteiger partial charge in [0.25, 0.3) is 5.91 Å². The first-order valence-electron chi connectivity index (χ1n) is 6.44. The molecule has 0 atom stereocenters. The zero-order chi connectivity index (χ0) is 14.4. The summed E-state index contributed by atoms with van der Waals surface area (Å²) in [4.78, 5) is 11.8. The summed E-state index contributed by atoms with van der Waals surface area (Å²) in [7, 11) is 0. The third kappa shape index (κ3) is 4.28. The van der Waals surface area contributed by atoms with Gasteiger partial charge in [-0.15, -0.1) is 0 Å². The third-order valence-corrected chi connectivity index (χ3v) is 3.02. The van der Waals surface area contributed by atoms with Crippen LogP contribution in [0.15, 0.2) is 48.5 Å². The average molecular weight is 290 g/mol. The molecule has 0 saturated heterocycles. The number of amides is 1. The lowest BCUT2D eigenvalue weighted by Gasteiger charge is -2.08. The molecule has 4 heteroatoms. The molecule has 104 valence electrons. The van der Waals surface area contributed by atoms with E-state index in [1.165, 1.54) is 5.56 Å². The molecule has 0 unspecified atom stereocenters. The van der Waals surface area contributed by atoms with Crippen LogP contribution in [0.3, 0.4) is 0 Å². The molecule has 1 amide bonds. The fourth-order valence-corrected chi connectivity index (χ4v) is 1.95. The summed E-state index contributed by atoms with van der Waals surface area (Å²) in [5, 5.41) is 3.39. The molecule has 0 radical (unpaired) electrons. The molecule has 0 spiro atoms. The van der Waals surface area contributed by atoms with Crippen LogP contribution in [0.2, 0.25) is 5.02 Å². The highest BCUT2D eigenvalue weighted by Gasteiger charge is 2.04. The largest absolute Gasteiger partial charge is 0.484 e. The smallest absolute Gasteiger partial charge is 0.262 e. The van der Waals surface area contributed by atoms with Crippen molar-refractivity contribution < 1.29 is 9.53 Å². The summed E-state index contributed by atoms with van der Waals surface area (Å²) in [6.07, 6.45) is 0.933. The van der Waals surface area contributed by atoms with Crippen molar-refractivity contribution in [2.45, 2.75) is 13.3 Å². The minimum Gasteiger partial charge on any atom is -0.484 e. The predicted molar refractivity (Wildman–Crippen MR) is 81.4 cm³/mol. The molecule has 0 aliphatic carbocycles. The first kappa shape index (κ1) is 14.4. The minimum absolute atomic E-state index is 0.0449. The quantitative estimate of drug-likeness (QED) is 0.906. The molecule has 0 bridgehead atoms. The Labute approximate surface area is 123 Å². The SMILES string of the molecule is CCc1cccc(NC(=O)COc2cccc(Cl)c2)c1. The number of rotatable bonds is 5. The average Bonchev–Trinajstić information content (AvgIpc) is 2.45. The van der Waals surface area contributed by atoms with Crippen LogP contribution in [0.25, 0.3) is 0 Å². The number of anilines is 1. The second-order valence-electron chi connectivity index (χ2n) is 4.35. The van der Waals surface area contributed by atoms with E-state index in [9.17, 15) is 4.79 Å². The van der Waals surface area contributed by atoms with Gasteiger partial charge in [0.2, 0.25) is 0 Å². The van der Waals surface area contributed by atoms with Gasteiger partial charge in [0, 0.05) is 10.7 Å². The molecule has 0 aliphatic heterocycles. The van der Waals surface area contributed by atoms with Gasteiger partial charge in [-0.3, -0.25) is 4.79 Å². The Kier molecular flexibility index (Phi) is 5.02. The van der Waals surface area contributed by atoms with Crippen LogP contribution in [0.1, 0.15) is 12.5 Å². The number of hydrogen-bond acceptors (Lipinski definition) is 2. The maximum Gasteiger partial charge on any atom is 0.262 e. The van der Waals surface area contributed by atoms with Crippen molar-refractivity contribution in [3.63, 3.8) is 0 Å². The van der Waals surface area contributed by atoms with Gasteiger partial charge in [0.1, 0.15) is 5.75 Å². The lowest BCUT2D eigenvalue weighted by atomic mass is 10.1. The molecule has 0 heterocycles. The molecular formula is C16H16ClNO2. The topological polar surface area (TPSA) is 38.3 Å². The first-order valence-corrected chi connectivity index (χ1v) is 6.82. The Hall–Kier alpha value is -2.00. The summed E-state index contributed by atoms with van der Waals surface area (Å²) in [5.74, 6) is 0.383. The summed E-state index contributed by atoms with van der Waals surface area (Å²) >= 11 is 5.84. The minimum atomic E-state index is -0.196. The normalized spacial score (nSPS) is 10.1. The van der Waals surface area contributed by atoms with Gasteiger partial charge in [0.15, 0.2) is 6.61 Å². The Morgan fingerprint density at radius 3 is 2.75 bits per heavy atom. The zero-order valence-corrected chi connectivity index (χ0v) is 12.0. The second-order valence-corrected chi connectivity index (χ2v) is 4.78. The van der Waals surface area contributed by atoms with Crippen LogP contribution in [-0.2, 0) is 11.2 Å². The number of halogens is 1. The summed E-state index contributed by atoms with van der Waals surface area (Å²) in [5.41, 5.74) is 1.96. The van der Waals surface area contributed by atoms with Gasteiger partial charge in [-0.1, -0.05) is 36.7 Å². The number of carbonyl (C=O) groups is 1. The van der Waals surface area contributed by atoms with Crippen LogP contribution in [0.4, 0.5) is 5.69 Å². The van der Waals surface area contributed by atoms with Crippen molar-refractivity contribution in [2.75, 3.05) is 11.9 Å². The number of nitrogens with one attached hydrogen (secondary N) is 1. The van der Waals surface area contributed by atoms with Gasteiger partial charge in [-0.05, 0) is 42.3 Å². The molecule has 3 nitrogen and oxygen atoms in total. The lowest BCUT2D eigenvalue weighted by Crippen LogP contribution is -2.20. The van der Waals surface area contributed by atoms with Gasteiger partial charge in [-0.25, -0.2) is 0 Å². The number of aryl methyl sites for hydroxylation is 1. The molecule has 2 aromatic carbocycles. The van der Waals surface area contributed by atoms with E-state index in [2.05, 4.69) is 12.2 Å². The molecule has 0 aliphatic rings. The van der Waals surface area contributed by atoms with E-state index in [0.717, 1.165) is 12.1 Å². The molecule has 2 rings (SSSR count). The lowest BCUT2D eigenvalue weighted by molar-refractivity contribution is -0.118. The van der Waals surface area contributed by atoms with Gasteiger partial charge in [0.05, 0.1) is 0 Å². The maximum atomic E-state index is 11.8. The number of benzene rings is 2. The van der Waals surface area contributed by atoms with Crippen molar-refractivity contribution in [1.82, 2.24) is 0 Å². The molecule has 0 aromatic heterocycles. The van der Waals surface area contributed by atoms with Crippen molar-refractivity contribution in [3.8, 4) is 5.75 Å². The summed E-state index contributed by atoms with van der Waals surface area (Å²) in [6.45, 7) is 2.03. The van der Waals surface area contributed by atoms with Crippen molar-refractivity contribution in [2.24, 2.45) is 0 Å². The van der Waals surface area contributed by atoms with Crippen LogP contribution >= 0.6 is 11.6 Å². The highest BCUT2D eigenvalue weighted by Crippen LogP contribution is 2.17. The van der Waals surface area contributed by atoms with E-state index >= 15 is 0 Å². The number of carbonyl (C=O) groups excluding carboxylic acids is 1. The fraction of sp³-hybridized carbons (Fsp3) is 0.188. The molecule has 2 aromatic rings. The van der Waals surface area contributed by atoms with Crippen molar-refractivity contribution in [3.05, 3.63) is 59.1 Å². The van der Waals surface area contributed by atoms with E-state index in [1.807, 2.05) is 24.3 Å². The van der Waals surface area contributed by atoms with Gasteiger partial charge >= 0.3 is 0 Å². The summed E-state index contributed by atoms with van der Waals surface area (Å²) in [6, 6.07) is 14.7. The van der Waals surface area contributed by atoms with E-state index < -0.39 is 0 Å². The Morgan fingerprint density at radius 2 is 2.00 bits per heavy atom. The monoisotopic (exact) mass is 289 g/mol. The molecule has 20 heavy (non-hydrogen) atoms. The van der Waals surface area contributed by atoms with E-state index in [4.69, 9.17) is 16.3 Å². The van der Waals surface area contributed by atoms with Gasteiger partial charge < -0.3 is 10.1 Å². The third-order valence-electron chi connectivity index (χ3n) is 2.78. The predicted octanol–water partition coefficient (Wildman–Crippen LogP) is 3.92. The Balaban J connectivity index is 1.89.